The molecule has 0 bridgehead atoms. The standard InChI is InChI=1S/C17H18BrClO2/c1-3-8-21-16-7-5-13(10-14(16)18)17(20)12-4-6-15(19)11(2)9-12/h4-7,9-10,17,20H,3,8H2,1-2H3. The number of hydrogen-bond donors (Lipinski definition) is 1. The van der Waals surface area contributed by atoms with E-state index in [1.54, 1.807) is 0 Å². The highest BCUT2D eigenvalue weighted by molar-refractivity contribution is 9.10. The van der Waals surface area contributed by atoms with Gasteiger partial charge in [-0.25, -0.2) is 0 Å². The van der Waals surface area contributed by atoms with Crippen LogP contribution in [0.4, 0.5) is 0 Å². The van der Waals surface area contributed by atoms with Crippen LogP contribution >= 0.6 is 27.5 Å². The van der Waals surface area contributed by atoms with E-state index < -0.39 is 6.10 Å². The smallest absolute Gasteiger partial charge is 0.133 e. The molecule has 2 rings (SSSR count). The second-order valence-electron chi connectivity index (χ2n) is 4.95. The summed E-state index contributed by atoms with van der Waals surface area (Å²) in [6.45, 7) is 4.67. The zero-order valence-corrected chi connectivity index (χ0v) is 14.4. The van der Waals surface area contributed by atoms with Crippen LogP contribution in [0.25, 0.3) is 0 Å². The summed E-state index contributed by atoms with van der Waals surface area (Å²) in [4.78, 5) is 0. The Morgan fingerprint density at radius 1 is 1.19 bits per heavy atom. The molecular formula is C17H18BrClO2. The molecule has 0 radical (unpaired) electrons. The third-order valence-corrected chi connectivity index (χ3v) is 4.27. The third-order valence-electron chi connectivity index (χ3n) is 3.23. The Morgan fingerprint density at radius 3 is 2.48 bits per heavy atom. The minimum Gasteiger partial charge on any atom is -0.492 e. The van der Waals surface area contributed by atoms with Gasteiger partial charge in [0, 0.05) is 5.02 Å². The Balaban J connectivity index is 2.24. The first kappa shape index (κ1) is 16.3. The van der Waals surface area contributed by atoms with Crippen molar-refractivity contribution in [1.29, 1.82) is 0 Å². The molecule has 0 fully saturated rings. The lowest BCUT2D eigenvalue weighted by Crippen LogP contribution is -2.01. The fraction of sp³-hybridized carbons (Fsp3) is 0.294. The summed E-state index contributed by atoms with van der Waals surface area (Å²) in [6, 6.07) is 11.2. The summed E-state index contributed by atoms with van der Waals surface area (Å²) in [7, 11) is 0. The largest absolute Gasteiger partial charge is 0.492 e. The molecule has 2 aromatic carbocycles. The van der Waals surface area contributed by atoms with E-state index in [4.69, 9.17) is 16.3 Å². The number of halogens is 2. The van der Waals surface area contributed by atoms with Crippen molar-refractivity contribution in [1.82, 2.24) is 0 Å². The van der Waals surface area contributed by atoms with Crippen LogP contribution < -0.4 is 4.74 Å². The predicted molar refractivity (Wildman–Crippen MR) is 90.2 cm³/mol. The van der Waals surface area contributed by atoms with Crippen LogP contribution in [0.1, 0.15) is 36.1 Å². The average Bonchev–Trinajstić information content (AvgIpc) is 2.48. The van der Waals surface area contributed by atoms with Gasteiger partial charge < -0.3 is 9.84 Å². The van der Waals surface area contributed by atoms with Crippen molar-refractivity contribution >= 4 is 27.5 Å². The SMILES string of the molecule is CCCOc1ccc(C(O)c2ccc(Cl)c(C)c2)cc1Br. The van der Waals surface area contributed by atoms with Crippen molar-refractivity contribution in [2.75, 3.05) is 6.61 Å². The number of rotatable bonds is 5. The van der Waals surface area contributed by atoms with Crippen LogP contribution in [-0.2, 0) is 0 Å². The maximum Gasteiger partial charge on any atom is 0.133 e. The Labute approximate surface area is 138 Å². The molecule has 21 heavy (non-hydrogen) atoms. The molecule has 0 aliphatic carbocycles. The van der Waals surface area contributed by atoms with Crippen LogP contribution in [-0.4, -0.2) is 11.7 Å². The second kappa shape index (κ2) is 7.30. The first-order valence-corrected chi connectivity index (χ1v) is 8.06. The van der Waals surface area contributed by atoms with Gasteiger partial charge in [-0.15, -0.1) is 0 Å². The van der Waals surface area contributed by atoms with E-state index in [2.05, 4.69) is 22.9 Å². The number of ether oxygens (including phenoxy) is 1. The molecule has 4 heteroatoms. The Morgan fingerprint density at radius 2 is 1.86 bits per heavy atom. The van der Waals surface area contributed by atoms with Gasteiger partial charge in [0.2, 0.25) is 0 Å². The first-order chi connectivity index (χ1) is 10.0. The summed E-state index contributed by atoms with van der Waals surface area (Å²) in [5.74, 6) is 0.792. The predicted octanol–water partition coefficient (Wildman–Crippen LogP) is 5.28. The van der Waals surface area contributed by atoms with Gasteiger partial charge in [-0.1, -0.05) is 36.7 Å². The molecule has 1 unspecified atom stereocenters. The van der Waals surface area contributed by atoms with E-state index in [1.165, 1.54) is 0 Å². The average molecular weight is 370 g/mol. The van der Waals surface area contributed by atoms with Crippen LogP contribution in [0.5, 0.6) is 5.75 Å². The van der Waals surface area contributed by atoms with E-state index in [0.717, 1.165) is 33.3 Å². The topological polar surface area (TPSA) is 29.5 Å². The monoisotopic (exact) mass is 368 g/mol. The molecule has 1 atom stereocenters. The molecule has 1 N–H and O–H groups in total. The van der Waals surface area contributed by atoms with Crippen molar-refractivity contribution in [3.8, 4) is 5.75 Å². The number of aryl methyl sites for hydroxylation is 1. The van der Waals surface area contributed by atoms with E-state index in [0.29, 0.717) is 11.6 Å². The molecule has 0 aliphatic rings. The van der Waals surface area contributed by atoms with E-state index >= 15 is 0 Å². The molecule has 2 nitrogen and oxygen atoms in total. The maximum atomic E-state index is 10.5. The van der Waals surface area contributed by atoms with Gasteiger partial charge >= 0.3 is 0 Å². The van der Waals surface area contributed by atoms with Crippen molar-refractivity contribution in [2.24, 2.45) is 0 Å². The third kappa shape index (κ3) is 4.00. The van der Waals surface area contributed by atoms with Crippen LogP contribution in [0, 0.1) is 6.92 Å². The van der Waals surface area contributed by atoms with Crippen molar-refractivity contribution in [3.63, 3.8) is 0 Å². The Hall–Kier alpha value is -1.03. The van der Waals surface area contributed by atoms with Gasteiger partial charge in [0.25, 0.3) is 0 Å². The van der Waals surface area contributed by atoms with Gasteiger partial charge in [0.15, 0.2) is 0 Å². The summed E-state index contributed by atoms with van der Waals surface area (Å²) in [6.07, 6.45) is 0.276. The van der Waals surface area contributed by atoms with E-state index in [-0.39, 0.29) is 0 Å². The summed E-state index contributed by atoms with van der Waals surface area (Å²) >= 11 is 9.51. The molecule has 0 spiro atoms. The lowest BCUT2D eigenvalue weighted by Gasteiger charge is -2.15. The molecule has 112 valence electrons. The van der Waals surface area contributed by atoms with Gasteiger partial charge in [-0.3, -0.25) is 0 Å². The van der Waals surface area contributed by atoms with Crippen molar-refractivity contribution < 1.29 is 9.84 Å². The number of aliphatic hydroxyl groups excluding tert-OH is 1. The van der Waals surface area contributed by atoms with Gasteiger partial charge in [0.1, 0.15) is 11.9 Å². The Kier molecular flexibility index (Phi) is 5.68. The number of benzene rings is 2. The molecule has 0 saturated heterocycles. The zero-order chi connectivity index (χ0) is 15.4. The quantitative estimate of drug-likeness (QED) is 0.777. The fourth-order valence-corrected chi connectivity index (χ4v) is 2.68. The highest BCUT2D eigenvalue weighted by Crippen LogP contribution is 2.31. The molecule has 2 aromatic rings. The molecule has 0 aromatic heterocycles. The summed E-state index contributed by atoms with van der Waals surface area (Å²) < 4.78 is 6.46. The summed E-state index contributed by atoms with van der Waals surface area (Å²) in [5.41, 5.74) is 2.59. The normalized spacial score (nSPS) is 12.2. The van der Waals surface area contributed by atoms with Crippen LogP contribution in [0.15, 0.2) is 40.9 Å². The minimum atomic E-state index is -0.683. The Bertz CT molecular complexity index is 628. The van der Waals surface area contributed by atoms with Crippen molar-refractivity contribution in [3.05, 3.63) is 62.6 Å². The second-order valence-corrected chi connectivity index (χ2v) is 6.21. The summed E-state index contributed by atoms with van der Waals surface area (Å²) in [5, 5.41) is 11.2. The lowest BCUT2D eigenvalue weighted by molar-refractivity contribution is 0.220. The number of aliphatic hydroxyl groups is 1. The minimum absolute atomic E-state index is 0.677. The molecule has 0 saturated carbocycles. The molecular weight excluding hydrogens is 352 g/mol. The zero-order valence-electron chi connectivity index (χ0n) is 12.1. The van der Waals surface area contributed by atoms with Crippen molar-refractivity contribution in [2.45, 2.75) is 26.4 Å². The lowest BCUT2D eigenvalue weighted by atomic mass is 10.00. The molecule has 0 heterocycles. The highest BCUT2D eigenvalue weighted by Gasteiger charge is 2.13. The van der Waals surface area contributed by atoms with Crippen LogP contribution in [0.3, 0.4) is 0 Å². The van der Waals surface area contributed by atoms with Gasteiger partial charge in [0.05, 0.1) is 11.1 Å². The highest BCUT2D eigenvalue weighted by atomic mass is 79.9. The van der Waals surface area contributed by atoms with Crippen LogP contribution in [0.2, 0.25) is 5.02 Å². The van der Waals surface area contributed by atoms with E-state index in [9.17, 15) is 5.11 Å². The maximum absolute atomic E-state index is 10.5. The fourth-order valence-electron chi connectivity index (χ4n) is 2.05. The first-order valence-electron chi connectivity index (χ1n) is 6.89. The van der Waals surface area contributed by atoms with Gasteiger partial charge in [-0.05, 0) is 64.2 Å². The number of hydrogen-bond acceptors (Lipinski definition) is 2. The molecule has 0 amide bonds. The van der Waals surface area contributed by atoms with Gasteiger partial charge in [-0.2, -0.15) is 0 Å². The molecule has 0 aliphatic heterocycles. The van der Waals surface area contributed by atoms with E-state index in [1.807, 2.05) is 43.3 Å².